The standard InChI is InChI=1S/C22H27ClN2/c1-14-10-21-18(15(2)12-22(4,5)25(21)6)11-17(14)13-24-20-9-7-8-19(23)16(20)3/h7-11,13,15H,12H2,1-6H3. The molecular weight excluding hydrogens is 328 g/mol. The molecule has 2 aromatic rings. The highest BCUT2D eigenvalue weighted by molar-refractivity contribution is 6.31. The lowest BCUT2D eigenvalue weighted by Crippen LogP contribution is -2.45. The molecule has 0 saturated heterocycles. The molecule has 0 aromatic heterocycles. The summed E-state index contributed by atoms with van der Waals surface area (Å²) in [4.78, 5) is 7.11. The SMILES string of the molecule is Cc1cc2c(cc1C=Nc1cccc(Cl)c1C)C(C)CC(C)(C)N2C. The van der Waals surface area contributed by atoms with Crippen LogP contribution in [0.25, 0.3) is 0 Å². The molecule has 1 atom stereocenters. The first kappa shape index (κ1) is 18.0. The van der Waals surface area contributed by atoms with Gasteiger partial charge in [-0.3, -0.25) is 4.99 Å². The van der Waals surface area contributed by atoms with Crippen molar-refractivity contribution < 1.29 is 0 Å². The van der Waals surface area contributed by atoms with E-state index in [0.29, 0.717) is 5.92 Å². The van der Waals surface area contributed by atoms with Gasteiger partial charge in [0, 0.05) is 29.5 Å². The Bertz CT molecular complexity index is 836. The summed E-state index contributed by atoms with van der Waals surface area (Å²) in [5.41, 5.74) is 7.32. The Hall–Kier alpha value is -1.80. The van der Waals surface area contributed by atoms with Crippen molar-refractivity contribution in [3.05, 3.63) is 57.6 Å². The summed E-state index contributed by atoms with van der Waals surface area (Å²) in [7, 11) is 2.20. The molecule has 0 saturated carbocycles. The first-order valence-corrected chi connectivity index (χ1v) is 9.26. The van der Waals surface area contributed by atoms with Crippen LogP contribution in [0.4, 0.5) is 11.4 Å². The first-order valence-electron chi connectivity index (χ1n) is 8.88. The molecule has 0 fully saturated rings. The number of aliphatic imine (C=N–C) groups is 1. The Labute approximate surface area is 156 Å². The van der Waals surface area contributed by atoms with Crippen LogP contribution < -0.4 is 4.90 Å². The highest BCUT2D eigenvalue weighted by atomic mass is 35.5. The fourth-order valence-corrected chi connectivity index (χ4v) is 3.92. The molecule has 1 heterocycles. The third-order valence-electron chi connectivity index (χ3n) is 5.60. The van der Waals surface area contributed by atoms with E-state index in [9.17, 15) is 0 Å². The van der Waals surface area contributed by atoms with Gasteiger partial charge in [0.05, 0.1) is 5.69 Å². The largest absolute Gasteiger partial charge is 0.369 e. The lowest BCUT2D eigenvalue weighted by molar-refractivity contribution is 0.395. The van der Waals surface area contributed by atoms with E-state index in [2.05, 4.69) is 51.8 Å². The predicted molar refractivity (Wildman–Crippen MR) is 110 cm³/mol. The minimum atomic E-state index is 0.187. The summed E-state index contributed by atoms with van der Waals surface area (Å²) in [6.07, 6.45) is 3.13. The average molecular weight is 355 g/mol. The topological polar surface area (TPSA) is 15.6 Å². The zero-order valence-corrected chi connectivity index (χ0v) is 16.8. The Morgan fingerprint density at radius 2 is 1.96 bits per heavy atom. The summed E-state index contributed by atoms with van der Waals surface area (Å²) in [5, 5.41) is 0.759. The van der Waals surface area contributed by atoms with Gasteiger partial charge in [-0.15, -0.1) is 0 Å². The van der Waals surface area contributed by atoms with Gasteiger partial charge in [-0.2, -0.15) is 0 Å². The third kappa shape index (κ3) is 3.32. The Morgan fingerprint density at radius 3 is 2.68 bits per heavy atom. The molecule has 1 aliphatic rings. The van der Waals surface area contributed by atoms with Crippen LogP contribution in [-0.2, 0) is 0 Å². The van der Waals surface area contributed by atoms with Crippen molar-refractivity contribution in [1.29, 1.82) is 0 Å². The normalized spacial score (nSPS) is 19.3. The molecule has 25 heavy (non-hydrogen) atoms. The minimum Gasteiger partial charge on any atom is -0.369 e. The van der Waals surface area contributed by atoms with Gasteiger partial charge in [-0.1, -0.05) is 24.6 Å². The smallest absolute Gasteiger partial charge is 0.0673 e. The zero-order valence-electron chi connectivity index (χ0n) is 16.0. The number of benzene rings is 2. The quantitative estimate of drug-likeness (QED) is 0.567. The van der Waals surface area contributed by atoms with Gasteiger partial charge < -0.3 is 4.90 Å². The van der Waals surface area contributed by atoms with E-state index in [1.165, 1.54) is 22.4 Å². The van der Waals surface area contributed by atoms with Gasteiger partial charge in [-0.25, -0.2) is 0 Å². The van der Waals surface area contributed by atoms with Crippen molar-refractivity contribution in [1.82, 2.24) is 0 Å². The van der Waals surface area contributed by atoms with Gasteiger partial charge in [0.1, 0.15) is 0 Å². The molecule has 0 amide bonds. The third-order valence-corrected chi connectivity index (χ3v) is 6.01. The van der Waals surface area contributed by atoms with E-state index in [1.54, 1.807) is 0 Å². The monoisotopic (exact) mass is 354 g/mol. The van der Waals surface area contributed by atoms with Crippen molar-refractivity contribution in [3.8, 4) is 0 Å². The molecule has 3 heteroatoms. The second-order valence-corrected chi connectivity index (χ2v) is 8.29. The maximum absolute atomic E-state index is 6.20. The number of nitrogens with zero attached hydrogens (tertiary/aromatic N) is 2. The number of rotatable bonds is 2. The van der Waals surface area contributed by atoms with E-state index >= 15 is 0 Å². The molecule has 2 nitrogen and oxygen atoms in total. The average Bonchev–Trinajstić information content (AvgIpc) is 2.54. The molecule has 0 radical (unpaired) electrons. The Balaban J connectivity index is 2.01. The second kappa shape index (κ2) is 6.49. The Kier molecular flexibility index (Phi) is 4.68. The van der Waals surface area contributed by atoms with E-state index < -0.39 is 0 Å². The van der Waals surface area contributed by atoms with E-state index in [0.717, 1.165) is 22.7 Å². The number of hydrogen-bond acceptors (Lipinski definition) is 2. The van der Waals surface area contributed by atoms with Crippen molar-refractivity contribution in [2.45, 2.75) is 52.5 Å². The van der Waals surface area contributed by atoms with Crippen LogP contribution in [0.1, 0.15) is 55.4 Å². The number of aryl methyl sites for hydroxylation is 1. The van der Waals surface area contributed by atoms with Crippen molar-refractivity contribution >= 4 is 29.2 Å². The van der Waals surface area contributed by atoms with Gasteiger partial charge >= 0.3 is 0 Å². The first-order chi connectivity index (χ1) is 11.7. The minimum absolute atomic E-state index is 0.187. The van der Waals surface area contributed by atoms with Gasteiger partial charge in [0.2, 0.25) is 0 Å². The molecule has 132 valence electrons. The van der Waals surface area contributed by atoms with Crippen molar-refractivity contribution in [2.24, 2.45) is 4.99 Å². The van der Waals surface area contributed by atoms with Crippen LogP contribution in [0, 0.1) is 13.8 Å². The molecule has 2 aromatic carbocycles. The fourth-order valence-electron chi connectivity index (χ4n) is 3.75. The maximum Gasteiger partial charge on any atom is 0.0673 e. The van der Waals surface area contributed by atoms with Crippen LogP contribution in [0.15, 0.2) is 35.3 Å². The van der Waals surface area contributed by atoms with Crippen LogP contribution >= 0.6 is 11.6 Å². The molecular formula is C22H27ClN2. The molecule has 0 spiro atoms. The van der Waals surface area contributed by atoms with Crippen molar-refractivity contribution in [3.63, 3.8) is 0 Å². The van der Waals surface area contributed by atoms with Crippen LogP contribution in [-0.4, -0.2) is 18.8 Å². The number of hydrogen-bond donors (Lipinski definition) is 0. The van der Waals surface area contributed by atoms with Crippen LogP contribution in [0.5, 0.6) is 0 Å². The number of fused-ring (bicyclic) bond motifs is 1. The molecule has 0 aliphatic carbocycles. The Morgan fingerprint density at radius 1 is 1.24 bits per heavy atom. The van der Waals surface area contributed by atoms with E-state index in [4.69, 9.17) is 16.6 Å². The second-order valence-electron chi connectivity index (χ2n) is 7.89. The predicted octanol–water partition coefficient (Wildman–Crippen LogP) is 6.43. The molecule has 1 unspecified atom stereocenters. The summed E-state index contributed by atoms with van der Waals surface area (Å²) in [6.45, 7) is 11.1. The summed E-state index contributed by atoms with van der Waals surface area (Å²) in [5.74, 6) is 0.543. The number of halogens is 1. The summed E-state index contributed by atoms with van der Waals surface area (Å²) in [6, 6.07) is 10.5. The molecule has 1 aliphatic heterocycles. The van der Waals surface area contributed by atoms with Crippen molar-refractivity contribution in [2.75, 3.05) is 11.9 Å². The highest BCUT2D eigenvalue weighted by Crippen LogP contribution is 2.43. The highest BCUT2D eigenvalue weighted by Gasteiger charge is 2.34. The lowest BCUT2D eigenvalue weighted by atomic mass is 9.79. The van der Waals surface area contributed by atoms with Gasteiger partial charge in [0.15, 0.2) is 0 Å². The van der Waals surface area contributed by atoms with Gasteiger partial charge in [0.25, 0.3) is 0 Å². The molecule has 0 bridgehead atoms. The number of anilines is 1. The van der Waals surface area contributed by atoms with Gasteiger partial charge in [-0.05, 0) is 86.6 Å². The van der Waals surface area contributed by atoms with Crippen LogP contribution in [0.2, 0.25) is 5.02 Å². The van der Waals surface area contributed by atoms with E-state index in [-0.39, 0.29) is 5.54 Å². The maximum atomic E-state index is 6.20. The molecule has 0 N–H and O–H groups in total. The fraction of sp³-hybridized carbons (Fsp3) is 0.409. The summed E-state index contributed by atoms with van der Waals surface area (Å²) >= 11 is 6.20. The zero-order chi connectivity index (χ0) is 18.4. The molecule has 3 rings (SSSR count). The summed E-state index contributed by atoms with van der Waals surface area (Å²) < 4.78 is 0. The van der Waals surface area contributed by atoms with E-state index in [1.807, 2.05) is 31.3 Å². The van der Waals surface area contributed by atoms with Crippen LogP contribution in [0.3, 0.4) is 0 Å². The lowest BCUT2D eigenvalue weighted by Gasteiger charge is -2.45.